The second-order valence-electron chi connectivity index (χ2n) is 9.56. The number of ketones is 2. The van der Waals surface area contributed by atoms with Gasteiger partial charge in [0.15, 0.2) is 17.4 Å². The van der Waals surface area contributed by atoms with Gasteiger partial charge in [0.1, 0.15) is 5.82 Å². The lowest BCUT2D eigenvalue weighted by Gasteiger charge is -2.31. The van der Waals surface area contributed by atoms with E-state index in [0.717, 1.165) is 57.2 Å². The fourth-order valence-electron chi connectivity index (χ4n) is 5.28. The number of aromatic nitrogens is 2. The van der Waals surface area contributed by atoms with Gasteiger partial charge >= 0.3 is 0 Å². The SMILES string of the molecule is CCC(=O)c1cc2nc(-c3sccc3C)n([C@H]3CCC[C@@H](CC(=O)c4ccc(C)s4)C3)c2cc1F. The highest BCUT2D eigenvalue weighted by Gasteiger charge is 2.30. The summed E-state index contributed by atoms with van der Waals surface area (Å²) in [5, 5.41) is 2.05. The number of carbonyl (C=O) groups excluding carboxylic acids is 2. The number of nitrogens with zero attached hydrogens (tertiary/aromatic N) is 2. The van der Waals surface area contributed by atoms with Crippen LogP contribution in [-0.4, -0.2) is 21.1 Å². The largest absolute Gasteiger partial charge is 0.320 e. The Balaban J connectivity index is 1.53. The number of Topliss-reactive ketones (excluding diaryl/α,β-unsaturated/α-hetero) is 2. The van der Waals surface area contributed by atoms with Crippen LogP contribution in [0.3, 0.4) is 0 Å². The predicted molar refractivity (Wildman–Crippen MR) is 141 cm³/mol. The van der Waals surface area contributed by atoms with Crippen molar-refractivity contribution in [1.82, 2.24) is 9.55 Å². The Kier molecular flexibility index (Phi) is 6.73. The average molecular weight is 509 g/mol. The average Bonchev–Trinajstić information content (AvgIpc) is 3.56. The van der Waals surface area contributed by atoms with Crippen molar-refractivity contribution >= 4 is 45.3 Å². The van der Waals surface area contributed by atoms with Crippen LogP contribution < -0.4 is 0 Å². The number of halogens is 1. The minimum atomic E-state index is -0.490. The van der Waals surface area contributed by atoms with Gasteiger partial charge in [0.05, 0.1) is 26.4 Å². The van der Waals surface area contributed by atoms with Crippen molar-refractivity contribution in [3.05, 3.63) is 62.4 Å². The summed E-state index contributed by atoms with van der Waals surface area (Å²) in [4.78, 5) is 33.2. The Morgan fingerprint density at radius 1 is 1.14 bits per heavy atom. The molecule has 5 rings (SSSR count). The normalized spacial score (nSPS) is 18.3. The van der Waals surface area contributed by atoms with Crippen molar-refractivity contribution in [1.29, 1.82) is 0 Å². The van der Waals surface area contributed by atoms with Crippen LogP contribution in [0.5, 0.6) is 0 Å². The number of imidazole rings is 1. The van der Waals surface area contributed by atoms with E-state index in [4.69, 9.17) is 4.98 Å². The highest BCUT2D eigenvalue weighted by atomic mass is 32.1. The van der Waals surface area contributed by atoms with Gasteiger partial charge in [-0.05, 0) is 74.2 Å². The van der Waals surface area contributed by atoms with Crippen LogP contribution >= 0.6 is 22.7 Å². The zero-order chi connectivity index (χ0) is 24.7. The molecule has 0 amide bonds. The Hall–Kier alpha value is -2.64. The first kappa shape index (κ1) is 24.1. The summed E-state index contributed by atoms with van der Waals surface area (Å²) in [6.45, 7) is 5.83. The summed E-state index contributed by atoms with van der Waals surface area (Å²) >= 11 is 3.19. The number of hydrogen-bond acceptors (Lipinski definition) is 5. The standard InChI is InChI=1S/C28H29FN2O2S2/c1-4-24(32)20-14-22-23(15-21(20)29)31(28(30-22)27-16(2)10-11-34-27)19-7-5-6-18(12-19)13-25(33)26-9-8-17(3)35-26/h8-11,14-15,18-19H,4-7,12-13H2,1-3H3/t18-,19+/m1/s1. The molecule has 2 atom stereocenters. The third-order valence-electron chi connectivity index (χ3n) is 7.07. The number of thiophene rings is 2. The van der Waals surface area contributed by atoms with Crippen molar-refractivity contribution in [3.8, 4) is 10.7 Å². The van der Waals surface area contributed by atoms with E-state index in [1.165, 1.54) is 6.07 Å². The van der Waals surface area contributed by atoms with Crippen LogP contribution in [0, 0.1) is 25.6 Å². The van der Waals surface area contributed by atoms with Crippen molar-refractivity contribution in [2.75, 3.05) is 0 Å². The first-order chi connectivity index (χ1) is 16.9. The lowest BCUT2D eigenvalue weighted by Crippen LogP contribution is -2.22. The van der Waals surface area contributed by atoms with Gasteiger partial charge in [-0.3, -0.25) is 9.59 Å². The molecule has 7 heteroatoms. The van der Waals surface area contributed by atoms with Crippen LogP contribution in [0.4, 0.5) is 4.39 Å². The highest BCUT2D eigenvalue weighted by molar-refractivity contribution is 7.14. The van der Waals surface area contributed by atoms with E-state index in [1.54, 1.807) is 35.7 Å². The smallest absolute Gasteiger partial charge is 0.173 e. The molecule has 0 aliphatic heterocycles. The molecule has 1 aromatic carbocycles. The molecular weight excluding hydrogens is 479 g/mol. The maximum Gasteiger partial charge on any atom is 0.173 e. The molecule has 0 radical (unpaired) electrons. The molecule has 4 aromatic rings. The van der Waals surface area contributed by atoms with Crippen molar-refractivity contribution in [2.24, 2.45) is 5.92 Å². The zero-order valence-corrected chi connectivity index (χ0v) is 21.9. The molecule has 0 bridgehead atoms. The number of carbonyl (C=O) groups is 2. The second kappa shape index (κ2) is 9.78. The van der Waals surface area contributed by atoms with E-state index in [2.05, 4.69) is 17.6 Å². The van der Waals surface area contributed by atoms with Crippen molar-refractivity contribution < 1.29 is 14.0 Å². The summed E-state index contributed by atoms with van der Waals surface area (Å²) < 4.78 is 17.3. The quantitative estimate of drug-likeness (QED) is 0.237. The molecule has 1 aliphatic carbocycles. The van der Waals surface area contributed by atoms with E-state index in [0.29, 0.717) is 11.9 Å². The predicted octanol–water partition coefficient (Wildman–Crippen LogP) is 8.18. The van der Waals surface area contributed by atoms with Gasteiger partial charge < -0.3 is 4.57 Å². The first-order valence-electron chi connectivity index (χ1n) is 12.2. The lowest BCUT2D eigenvalue weighted by molar-refractivity contribution is 0.0944. The third kappa shape index (κ3) is 4.64. The van der Waals surface area contributed by atoms with Gasteiger partial charge in [-0.25, -0.2) is 9.37 Å². The van der Waals surface area contributed by atoms with Gasteiger partial charge in [0, 0.05) is 29.8 Å². The molecule has 1 aliphatic rings. The topological polar surface area (TPSA) is 52.0 Å². The maximum absolute atomic E-state index is 15.1. The van der Waals surface area contributed by atoms with Crippen LogP contribution in [0.1, 0.15) is 82.0 Å². The third-order valence-corrected chi connectivity index (χ3v) is 9.13. The monoisotopic (exact) mass is 508 g/mol. The first-order valence-corrected chi connectivity index (χ1v) is 13.9. The summed E-state index contributed by atoms with van der Waals surface area (Å²) in [6, 6.07) is 9.23. The highest BCUT2D eigenvalue weighted by Crippen LogP contribution is 2.41. The van der Waals surface area contributed by atoms with E-state index in [-0.39, 0.29) is 35.5 Å². The molecule has 0 spiro atoms. The lowest BCUT2D eigenvalue weighted by atomic mass is 9.82. The van der Waals surface area contributed by atoms with Crippen LogP contribution in [0.25, 0.3) is 21.7 Å². The molecule has 3 heterocycles. The summed E-state index contributed by atoms with van der Waals surface area (Å²) in [5.41, 5.74) is 2.62. The van der Waals surface area contributed by atoms with E-state index in [9.17, 15) is 9.59 Å². The van der Waals surface area contributed by atoms with Crippen LogP contribution in [-0.2, 0) is 0 Å². The van der Waals surface area contributed by atoms with Crippen LogP contribution in [0.2, 0.25) is 0 Å². The number of hydrogen-bond donors (Lipinski definition) is 0. The summed E-state index contributed by atoms with van der Waals surface area (Å²) in [6.07, 6.45) is 4.65. The van der Waals surface area contributed by atoms with Crippen molar-refractivity contribution in [3.63, 3.8) is 0 Å². The van der Waals surface area contributed by atoms with Gasteiger partial charge in [-0.2, -0.15) is 0 Å². The number of fused-ring (bicyclic) bond motifs is 1. The summed E-state index contributed by atoms with van der Waals surface area (Å²) in [5.74, 6) is 0.624. The Morgan fingerprint density at radius 2 is 1.97 bits per heavy atom. The fourth-order valence-corrected chi connectivity index (χ4v) is 7.01. The number of rotatable bonds is 7. The minimum Gasteiger partial charge on any atom is -0.320 e. The summed E-state index contributed by atoms with van der Waals surface area (Å²) in [7, 11) is 0. The molecule has 0 N–H and O–H groups in total. The molecule has 1 fully saturated rings. The van der Waals surface area contributed by atoms with E-state index in [1.807, 2.05) is 24.4 Å². The Labute approximate surface area is 212 Å². The molecule has 182 valence electrons. The number of benzene rings is 1. The number of aryl methyl sites for hydroxylation is 2. The molecule has 35 heavy (non-hydrogen) atoms. The van der Waals surface area contributed by atoms with E-state index >= 15 is 4.39 Å². The minimum absolute atomic E-state index is 0.109. The Bertz CT molecular complexity index is 1410. The molecule has 0 saturated heterocycles. The zero-order valence-electron chi connectivity index (χ0n) is 20.3. The second-order valence-corrected chi connectivity index (χ2v) is 11.8. The van der Waals surface area contributed by atoms with Crippen LogP contribution in [0.15, 0.2) is 35.7 Å². The molecule has 4 nitrogen and oxygen atoms in total. The van der Waals surface area contributed by atoms with Gasteiger partial charge in [-0.1, -0.05) is 13.3 Å². The fraction of sp³-hybridized carbons (Fsp3) is 0.393. The molecule has 0 unspecified atom stereocenters. The van der Waals surface area contributed by atoms with Crippen molar-refractivity contribution in [2.45, 2.75) is 65.3 Å². The Morgan fingerprint density at radius 3 is 2.66 bits per heavy atom. The van der Waals surface area contributed by atoms with E-state index < -0.39 is 5.82 Å². The molecule has 3 aromatic heterocycles. The van der Waals surface area contributed by atoms with Gasteiger partial charge in [-0.15, -0.1) is 22.7 Å². The molecule has 1 saturated carbocycles. The maximum atomic E-state index is 15.1. The van der Waals surface area contributed by atoms with Gasteiger partial charge in [0.25, 0.3) is 0 Å². The van der Waals surface area contributed by atoms with Gasteiger partial charge in [0.2, 0.25) is 0 Å². The molecular formula is C28H29FN2O2S2.